The molecule has 1 aromatic carbocycles. The fraction of sp³-hybridized carbons (Fsp3) is 0.500. The van der Waals surface area contributed by atoms with Gasteiger partial charge >= 0.3 is 5.97 Å². The molecule has 0 unspecified atom stereocenters. The van der Waals surface area contributed by atoms with Crippen molar-refractivity contribution in [1.29, 1.82) is 0 Å². The summed E-state index contributed by atoms with van der Waals surface area (Å²) in [5.41, 5.74) is 0.337. The first-order valence-corrected chi connectivity index (χ1v) is 8.46. The molecule has 25 heavy (non-hydrogen) atoms. The van der Waals surface area contributed by atoms with Gasteiger partial charge in [0.1, 0.15) is 12.3 Å². The van der Waals surface area contributed by atoms with E-state index in [1.165, 1.54) is 0 Å². The van der Waals surface area contributed by atoms with Gasteiger partial charge in [0.15, 0.2) is 6.61 Å². The molecule has 2 N–H and O–H groups in total. The Balaban J connectivity index is 2.41. The highest BCUT2D eigenvalue weighted by molar-refractivity contribution is 5.98. The van der Waals surface area contributed by atoms with E-state index in [1.54, 1.807) is 24.3 Å². The minimum Gasteiger partial charge on any atom is -0.493 e. The van der Waals surface area contributed by atoms with Crippen LogP contribution in [0.15, 0.2) is 24.3 Å². The quantitative estimate of drug-likeness (QED) is 0.626. The Hall–Kier alpha value is -2.57. The summed E-state index contributed by atoms with van der Waals surface area (Å²) in [7, 11) is 0. The molecule has 0 fully saturated rings. The number of hydrogen-bond donors (Lipinski definition) is 2. The molecule has 0 bridgehead atoms. The van der Waals surface area contributed by atoms with Gasteiger partial charge in [-0.3, -0.25) is 14.4 Å². The van der Waals surface area contributed by atoms with E-state index < -0.39 is 11.9 Å². The fourth-order valence-corrected chi connectivity index (χ4v) is 2.14. The van der Waals surface area contributed by atoms with Crippen LogP contribution in [0.2, 0.25) is 0 Å². The van der Waals surface area contributed by atoms with Gasteiger partial charge in [0.25, 0.3) is 11.8 Å². The summed E-state index contributed by atoms with van der Waals surface area (Å²) in [5.74, 6) is -1.03. The first-order valence-electron chi connectivity index (χ1n) is 8.46. The van der Waals surface area contributed by atoms with Crippen molar-refractivity contribution in [3.05, 3.63) is 29.8 Å². The lowest BCUT2D eigenvalue weighted by atomic mass is 10.2. The average molecular weight is 350 g/mol. The summed E-state index contributed by atoms with van der Waals surface area (Å²) in [6.07, 6.45) is 1.62. The Kier molecular flexibility index (Phi) is 9.06. The average Bonchev–Trinajstić information content (AvgIpc) is 2.63. The molecule has 0 saturated heterocycles. The van der Waals surface area contributed by atoms with E-state index in [0.29, 0.717) is 17.9 Å². The van der Waals surface area contributed by atoms with Gasteiger partial charge in [0.05, 0.1) is 12.2 Å². The zero-order valence-corrected chi connectivity index (χ0v) is 15.0. The lowest BCUT2D eigenvalue weighted by Crippen LogP contribution is -2.38. The molecule has 1 aromatic rings. The SMILES string of the molecule is CCOc1ccccc1C(=O)NCC(=O)OCC(=O)NC(CC)CC. The third-order valence-electron chi connectivity index (χ3n) is 3.54. The molecule has 0 aliphatic rings. The van der Waals surface area contributed by atoms with Crippen LogP contribution in [0, 0.1) is 0 Å². The molecule has 0 aromatic heterocycles. The molecule has 138 valence electrons. The normalized spacial score (nSPS) is 10.2. The van der Waals surface area contributed by atoms with Gasteiger partial charge in [-0.15, -0.1) is 0 Å². The van der Waals surface area contributed by atoms with Crippen molar-refractivity contribution >= 4 is 17.8 Å². The van der Waals surface area contributed by atoms with Crippen LogP contribution in [-0.2, 0) is 14.3 Å². The minimum atomic E-state index is -0.679. The maximum Gasteiger partial charge on any atom is 0.325 e. The van der Waals surface area contributed by atoms with Gasteiger partial charge in [-0.05, 0) is 31.9 Å². The molecule has 7 heteroatoms. The summed E-state index contributed by atoms with van der Waals surface area (Å²) in [4.78, 5) is 35.5. The monoisotopic (exact) mass is 350 g/mol. The molecule has 0 heterocycles. The number of para-hydroxylation sites is 1. The van der Waals surface area contributed by atoms with Crippen LogP contribution in [0.1, 0.15) is 44.0 Å². The Morgan fingerprint density at radius 3 is 2.40 bits per heavy atom. The highest BCUT2D eigenvalue weighted by Gasteiger charge is 2.15. The highest BCUT2D eigenvalue weighted by atomic mass is 16.5. The zero-order valence-electron chi connectivity index (χ0n) is 15.0. The Bertz CT molecular complexity index is 585. The molecular formula is C18H26N2O5. The van der Waals surface area contributed by atoms with Crippen LogP contribution in [0.5, 0.6) is 5.75 Å². The molecule has 0 saturated carbocycles. The van der Waals surface area contributed by atoms with Crippen LogP contribution in [0.4, 0.5) is 0 Å². The minimum absolute atomic E-state index is 0.0703. The second kappa shape index (κ2) is 11.1. The highest BCUT2D eigenvalue weighted by Crippen LogP contribution is 2.17. The summed E-state index contributed by atoms with van der Waals surface area (Å²) in [5, 5.41) is 5.22. The molecule has 0 aliphatic heterocycles. The number of amides is 2. The van der Waals surface area contributed by atoms with Gasteiger partial charge in [-0.25, -0.2) is 0 Å². The first-order chi connectivity index (χ1) is 12.0. The summed E-state index contributed by atoms with van der Waals surface area (Å²) in [6.45, 7) is 5.50. The van der Waals surface area contributed by atoms with Crippen LogP contribution in [0.25, 0.3) is 0 Å². The van der Waals surface area contributed by atoms with Crippen molar-refractivity contribution in [2.75, 3.05) is 19.8 Å². The molecule has 1 rings (SSSR count). The topological polar surface area (TPSA) is 93.7 Å². The standard InChI is InChI=1S/C18H26N2O5/c1-4-13(5-2)20-16(21)12-25-17(22)11-19-18(23)14-9-7-8-10-15(14)24-6-3/h7-10,13H,4-6,11-12H2,1-3H3,(H,19,23)(H,20,21). The van der Waals surface area contributed by atoms with E-state index in [9.17, 15) is 14.4 Å². The summed E-state index contributed by atoms with van der Waals surface area (Å²) in [6, 6.07) is 6.82. The molecule has 0 aliphatic carbocycles. The van der Waals surface area contributed by atoms with E-state index in [0.717, 1.165) is 12.8 Å². The van der Waals surface area contributed by atoms with Gasteiger partial charge in [0.2, 0.25) is 0 Å². The van der Waals surface area contributed by atoms with Crippen molar-refractivity contribution in [3.8, 4) is 5.75 Å². The van der Waals surface area contributed by atoms with Gasteiger partial charge in [0, 0.05) is 6.04 Å². The van der Waals surface area contributed by atoms with Crippen LogP contribution < -0.4 is 15.4 Å². The van der Waals surface area contributed by atoms with Crippen molar-refractivity contribution in [2.45, 2.75) is 39.7 Å². The summed E-state index contributed by atoms with van der Waals surface area (Å²) < 4.78 is 10.2. The number of carbonyl (C=O) groups excluding carboxylic acids is 3. The first kappa shape index (κ1) is 20.5. The molecular weight excluding hydrogens is 324 g/mol. The van der Waals surface area contributed by atoms with Crippen LogP contribution in [-0.4, -0.2) is 43.6 Å². The largest absolute Gasteiger partial charge is 0.493 e. The van der Waals surface area contributed by atoms with E-state index in [4.69, 9.17) is 9.47 Å². The van der Waals surface area contributed by atoms with Gasteiger partial charge in [-0.2, -0.15) is 0 Å². The van der Waals surface area contributed by atoms with E-state index >= 15 is 0 Å². The van der Waals surface area contributed by atoms with Crippen molar-refractivity contribution in [1.82, 2.24) is 10.6 Å². The molecule has 0 spiro atoms. The number of carbonyl (C=O) groups is 3. The second-order valence-electron chi connectivity index (χ2n) is 5.35. The maximum absolute atomic E-state index is 12.1. The Morgan fingerprint density at radius 2 is 1.76 bits per heavy atom. The van der Waals surface area contributed by atoms with Crippen molar-refractivity contribution in [2.24, 2.45) is 0 Å². The maximum atomic E-state index is 12.1. The smallest absolute Gasteiger partial charge is 0.325 e. The van der Waals surface area contributed by atoms with Crippen molar-refractivity contribution in [3.63, 3.8) is 0 Å². The number of hydrogen-bond acceptors (Lipinski definition) is 5. The van der Waals surface area contributed by atoms with E-state index in [2.05, 4.69) is 10.6 Å². The zero-order chi connectivity index (χ0) is 18.7. The number of rotatable bonds is 10. The van der Waals surface area contributed by atoms with Crippen molar-refractivity contribution < 1.29 is 23.9 Å². The predicted molar refractivity (Wildman–Crippen MR) is 93.4 cm³/mol. The summed E-state index contributed by atoms with van der Waals surface area (Å²) >= 11 is 0. The Morgan fingerprint density at radius 1 is 1.08 bits per heavy atom. The lowest BCUT2D eigenvalue weighted by molar-refractivity contribution is -0.147. The molecule has 0 atom stereocenters. The van der Waals surface area contributed by atoms with E-state index in [-0.39, 0.29) is 25.1 Å². The third kappa shape index (κ3) is 7.24. The predicted octanol–water partition coefficient (Wildman–Crippen LogP) is 1.66. The lowest BCUT2D eigenvalue weighted by Gasteiger charge is -2.14. The van der Waals surface area contributed by atoms with Crippen LogP contribution in [0.3, 0.4) is 0 Å². The number of esters is 1. The van der Waals surface area contributed by atoms with E-state index in [1.807, 2.05) is 20.8 Å². The number of ether oxygens (including phenoxy) is 2. The second-order valence-corrected chi connectivity index (χ2v) is 5.35. The molecule has 0 radical (unpaired) electrons. The molecule has 2 amide bonds. The fourth-order valence-electron chi connectivity index (χ4n) is 2.14. The number of nitrogens with one attached hydrogen (secondary N) is 2. The van der Waals surface area contributed by atoms with Crippen LogP contribution >= 0.6 is 0 Å². The van der Waals surface area contributed by atoms with Gasteiger partial charge < -0.3 is 20.1 Å². The third-order valence-corrected chi connectivity index (χ3v) is 3.54. The Labute approximate surface area is 148 Å². The van der Waals surface area contributed by atoms with Gasteiger partial charge in [-0.1, -0.05) is 26.0 Å². The number of benzene rings is 1. The molecule has 7 nitrogen and oxygen atoms in total.